The van der Waals surface area contributed by atoms with Gasteiger partial charge in [0.1, 0.15) is 0 Å². The van der Waals surface area contributed by atoms with E-state index < -0.39 is 11.6 Å². The predicted octanol–water partition coefficient (Wildman–Crippen LogP) is 3.60. The zero-order valence-corrected chi connectivity index (χ0v) is 14.2. The topological polar surface area (TPSA) is 64.7 Å². The molecule has 3 atom stereocenters. The van der Waals surface area contributed by atoms with Gasteiger partial charge >= 0.3 is 0 Å². The molecule has 0 amide bonds. The smallest absolute Gasteiger partial charge is 0.205 e. The van der Waals surface area contributed by atoms with Crippen LogP contribution in [-0.4, -0.2) is 23.8 Å². The number of carbonyl (C=O) groups is 1. The van der Waals surface area contributed by atoms with Gasteiger partial charge in [0.2, 0.25) is 5.78 Å². The molecule has 1 aromatic carbocycles. The van der Waals surface area contributed by atoms with Crippen LogP contribution in [0.15, 0.2) is 29.3 Å². The van der Waals surface area contributed by atoms with Crippen molar-refractivity contribution >= 4 is 23.3 Å². The highest BCUT2D eigenvalue weighted by Gasteiger charge is 2.51. The Bertz CT molecular complexity index is 631. The van der Waals surface area contributed by atoms with Crippen molar-refractivity contribution < 1.29 is 9.53 Å². The summed E-state index contributed by atoms with van der Waals surface area (Å²) in [5, 5.41) is 0.594. The lowest BCUT2D eigenvalue weighted by molar-refractivity contribution is -0.137. The molecule has 1 aliphatic carbocycles. The normalized spacial score (nSPS) is 28.0. The van der Waals surface area contributed by atoms with E-state index in [1.54, 1.807) is 0 Å². The first-order chi connectivity index (χ1) is 11.1. The van der Waals surface area contributed by atoms with E-state index in [4.69, 9.17) is 27.1 Å². The quantitative estimate of drug-likeness (QED) is 0.894. The molecule has 0 aromatic heterocycles. The second-order valence-electron chi connectivity index (χ2n) is 6.42. The third kappa shape index (κ3) is 3.02. The van der Waals surface area contributed by atoms with E-state index in [-0.39, 0.29) is 11.8 Å². The Morgan fingerprint density at radius 3 is 3.00 bits per heavy atom. The van der Waals surface area contributed by atoms with Gasteiger partial charge in [-0.2, -0.15) is 0 Å². The number of nitrogens with two attached hydrogens (primary N) is 1. The summed E-state index contributed by atoms with van der Waals surface area (Å²) in [5.41, 5.74) is 5.94. The van der Waals surface area contributed by atoms with Crippen molar-refractivity contribution in [2.75, 3.05) is 0 Å². The van der Waals surface area contributed by atoms with Crippen molar-refractivity contribution in [3.63, 3.8) is 0 Å². The minimum atomic E-state index is -0.870. The van der Waals surface area contributed by atoms with Gasteiger partial charge in [0, 0.05) is 23.0 Å². The number of nitrogens with zero attached hydrogens (tertiary/aromatic N) is 1. The Labute approximate surface area is 142 Å². The molecule has 2 N–H and O–H groups in total. The van der Waals surface area contributed by atoms with Crippen LogP contribution in [0.2, 0.25) is 5.02 Å². The number of benzene rings is 1. The molecule has 2 aliphatic rings. The monoisotopic (exact) mass is 334 g/mol. The Balaban J connectivity index is 1.97. The van der Waals surface area contributed by atoms with Gasteiger partial charge in [-0.05, 0) is 38.2 Å². The fourth-order valence-corrected chi connectivity index (χ4v) is 3.73. The minimum Gasteiger partial charge on any atom is -0.470 e. The van der Waals surface area contributed by atoms with Crippen LogP contribution in [0.3, 0.4) is 0 Å². The fourth-order valence-electron chi connectivity index (χ4n) is 3.44. The Hall–Kier alpha value is -1.39. The molecular weight excluding hydrogens is 312 g/mol. The third-order valence-corrected chi connectivity index (χ3v) is 5.20. The molecule has 3 rings (SSSR count). The molecule has 2 bridgehead atoms. The molecule has 1 unspecified atom stereocenters. The highest BCUT2D eigenvalue weighted by Crippen LogP contribution is 2.44. The van der Waals surface area contributed by atoms with Crippen molar-refractivity contribution in [2.45, 2.75) is 63.1 Å². The molecule has 4 nitrogen and oxygen atoms in total. The van der Waals surface area contributed by atoms with Crippen LogP contribution >= 0.6 is 11.6 Å². The highest BCUT2D eigenvalue weighted by molar-refractivity contribution is 6.32. The van der Waals surface area contributed by atoms with E-state index in [2.05, 4.69) is 6.92 Å². The second kappa shape index (κ2) is 6.62. The summed E-state index contributed by atoms with van der Waals surface area (Å²) in [6.07, 6.45) is 4.37. The molecule has 1 saturated carbocycles. The van der Waals surface area contributed by atoms with Crippen LogP contribution in [0.1, 0.15) is 51.0 Å². The molecule has 0 saturated heterocycles. The lowest BCUT2D eigenvalue weighted by Gasteiger charge is -2.41. The van der Waals surface area contributed by atoms with Gasteiger partial charge in [-0.15, -0.1) is 0 Å². The first-order valence-corrected chi connectivity index (χ1v) is 8.75. The van der Waals surface area contributed by atoms with E-state index in [0.717, 1.165) is 31.2 Å². The number of rotatable bonds is 5. The number of fused-ring (bicyclic) bond motifs is 2. The van der Waals surface area contributed by atoms with Gasteiger partial charge in [0.05, 0.1) is 0 Å². The number of aliphatic imine (C=N–C) groups is 1. The molecule has 0 radical (unpaired) electrons. The molecule has 0 spiro atoms. The predicted molar refractivity (Wildman–Crippen MR) is 91.8 cm³/mol. The summed E-state index contributed by atoms with van der Waals surface area (Å²) in [5.74, 6) is 0.693. The maximum absolute atomic E-state index is 12.9. The lowest BCUT2D eigenvalue weighted by atomic mass is 9.74. The summed E-state index contributed by atoms with van der Waals surface area (Å²) in [6.45, 7) is 2.07. The number of Topliss-reactive ketones (excluding diaryl/α,β-unsaturated/α-hetero) is 1. The summed E-state index contributed by atoms with van der Waals surface area (Å²) in [7, 11) is 0. The van der Waals surface area contributed by atoms with Crippen LogP contribution in [0.25, 0.3) is 0 Å². The van der Waals surface area contributed by atoms with E-state index in [0.29, 0.717) is 23.8 Å². The molecule has 1 aliphatic heterocycles. The zero-order valence-electron chi connectivity index (χ0n) is 13.4. The van der Waals surface area contributed by atoms with Crippen LogP contribution < -0.4 is 5.73 Å². The van der Waals surface area contributed by atoms with Crippen LogP contribution in [0.4, 0.5) is 0 Å². The lowest BCUT2D eigenvalue weighted by Crippen LogP contribution is -2.51. The minimum absolute atomic E-state index is 0.0420. The van der Waals surface area contributed by atoms with Crippen molar-refractivity contribution in [1.29, 1.82) is 0 Å². The van der Waals surface area contributed by atoms with Crippen molar-refractivity contribution in [3.05, 3.63) is 34.9 Å². The summed E-state index contributed by atoms with van der Waals surface area (Å²) in [6, 6.07) is 7.64. The molecule has 1 fully saturated rings. The summed E-state index contributed by atoms with van der Waals surface area (Å²) < 4.78 is 5.85. The zero-order chi connectivity index (χ0) is 16.4. The number of ketones is 1. The average Bonchev–Trinajstić information content (AvgIpc) is 2.54. The standard InChI is InChI=1S/C18H23ClN2O2/c1-2-12(20)9-10-16-21-18(13-6-3-4-7-14(13)19)11-5-8-15(23-16)17(18)22/h3-4,6-7,12,15H,2,5,8-11,20H2,1H3/t12?,15-,18-/m0/s1. The SMILES string of the molecule is CCC(N)CCC1=N[C@]2(c3ccccc3Cl)CCC[C@H](O1)C2=O. The number of carbonyl (C=O) groups excluding carboxylic acids is 1. The molecule has 1 heterocycles. The molecule has 5 heteroatoms. The number of hydrogen-bond acceptors (Lipinski definition) is 4. The van der Waals surface area contributed by atoms with Gasteiger partial charge < -0.3 is 10.5 Å². The van der Waals surface area contributed by atoms with Crippen LogP contribution in [0.5, 0.6) is 0 Å². The number of hydrogen-bond donors (Lipinski definition) is 1. The van der Waals surface area contributed by atoms with Gasteiger partial charge in [0.25, 0.3) is 0 Å². The highest BCUT2D eigenvalue weighted by atomic mass is 35.5. The number of halogens is 1. The summed E-state index contributed by atoms with van der Waals surface area (Å²) in [4.78, 5) is 17.7. The third-order valence-electron chi connectivity index (χ3n) is 4.87. The molecule has 1 aromatic rings. The first-order valence-electron chi connectivity index (χ1n) is 8.37. The first kappa shape index (κ1) is 16.5. The van der Waals surface area contributed by atoms with Gasteiger partial charge in [-0.3, -0.25) is 4.79 Å². The van der Waals surface area contributed by atoms with Gasteiger partial charge in [-0.25, -0.2) is 4.99 Å². The Kier molecular flexibility index (Phi) is 4.74. The van der Waals surface area contributed by atoms with Crippen molar-refractivity contribution in [1.82, 2.24) is 0 Å². The van der Waals surface area contributed by atoms with Crippen LogP contribution in [0, 0.1) is 0 Å². The molecule has 124 valence electrons. The van der Waals surface area contributed by atoms with Crippen LogP contribution in [-0.2, 0) is 15.1 Å². The second-order valence-corrected chi connectivity index (χ2v) is 6.82. The fraction of sp³-hybridized carbons (Fsp3) is 0.556. The maximum atomic E-state index is 12.9. The van der Waals surface area contributed by atoms with E-state index in [9.17, 15) is 4.79 Å². The van der Waals surface area contributed by atoms with Crippen molar-refractivity contribution in [2.24, 2.45) is 10.7 Å². The van der Waals surface area contributed by atoms with Gasteiger partial charge in [-0.1, -0.05) is 36.7 Å². The van der Waals surface area contributed by atoms with E-state index in [1.807, 2.05) is 24.3 Å². The maximum Gasteiger partial charge on any atom is 0.205 e. The number of ether oxygens (including phenoxy) is 1. The van der Waals surface area contributed by atoms with Crippen molar-refractivity contribution in [3.8, 4) is 0 Å². The summed E-state index contributed by atoms with van der Waals surface area (Å²) >= 11 is 6.38. The Morgan fingerprint density at radius 2 is 2.26 bits per heavy atom. The molecular formula is C18H23ClN2O2. The largest absolute Gasteiger partial charge is 0.470 e. The molecule has 23 heavy (non-hydrogen) atoms. The van der Waals surface area contributed by atoms with Gasteiger partial charge in [0.15, 0.2) is 17.5 Å². The van der Waals surface area contributed by atoms with E-state index in [1.165, 1.54) is 0 Å². The Morgan fingerprint density at radius 1 is 1.48 bits per heavy atom. The average molecular weight is 335 g/mol. The van der Waals surface area contributed by atoms with E-state index >= 15 is 0 Å².